The van der Waals surface area contributed by atoms with Gasteiger partial charge in [0.05, 0.1) is 12.0 Å². The second kappa shape index (κ2) is 8.24. The summed E-state index contributed by atoms with van der Waals surface area (Å²) in [5.41, 5.74) is -3.42. The molecular weight excluding hydrogens is 388 g/mol. The lowest BCUT2D eigenvalue weighted by Gasteiger charge is -2.29. The molecule has 2 aromatic rings. The highest BCUT2D eigenvalue weighted by Gasteiger charge is 2.47. The number of carboxylic acids is 3. The summed E-state index contributed by atoms with van der Waals surface area (Å²) < 4.78 is 0. The van der Waals surface area contributed by atoms with Gasteiger partial charge in [-0.05, 0) is 17.2 Å². The maximum Gasteiger partial charge on any atom is 0.341 e. The highest BCUT2D eigenvalue weighted by Crippen LogP contribution is 2.40. The van der Waals surface area contributed by atoms with E-state index in [2.05, 4.69) is 0 Å². The molecule has 0 aliphatic rings. The Morgan fingerprint density at radius 1 is 0.857 bits per heavy atom. The topological polar surface area (TPSA) is 132 Å². The van der Waals surface area contributed by atoms with Gasteiger partial charge < -0.3 is 20.4 Å². The van der Waals surface area contributed by atoms with E-state index in [1.54, 1.807) is 60.7 Å². The van der Waals surface area contributed by atoms with E-state index in [1.807, 2.05) is 0 Å². The quantitative estimate of drug-likeness (QED) is 0.392. The molecule has 0 saturated carbocycles. The molecule has 0 aliphatic carbocycles. The molecule has 146 valence electrons. The Morgan fingerprint density at radius 3 is 1.61 bits per heavy atom. The minimum absolute atomic E-state index is 0.407. The number of aliphatic carboxylic acids is 3. The zero-order valence-electron chi connectivity index (χ0n) is 14.4. The first-order chi connectivity index (χ1) is 13.1. The second-order valence-electron chi connectivity index (χ2n) is 6.04. The monoisotopic (exact) mass is 404 g/mol. The van der Waals surface area contributed by atoms with Crippen molar-refractivity contribution in [2.24, 2.45) is 0 Å². The molecule has 1 unspecified atom stereocenters. The fourth-order valence-electron chi connectivity index (χ4n) is 2.76. The molecule has 0 bridgehead atoms. The number of alkyl halides is 1. The summed E-state index contributed by atoms with van der Waals surface area (Å²) in [5.74, 6) is -5.50. The molecule has 28 heavy (non-hydrogen) atoms. The lowest BCUT2D eigenvalue weighted by molar-refractivity contribution is -0.163. The summed E-state index contributed by atoms with van der Waals surface area (Å²) in [7, 11) is 0. The fourth-order valence-corrected chi connectivity index (χ4v) is 3.12. The molecule has 0 fully saturated rings. The third-order valence-electron chi connectivity index (χ3n) is 4.17. The van der Waals surface area contributed by atoms with E-state index in [9.17, 15) is 29.7 Å². The van der Waals surface area contributed by atoms with Crippen molar-refractivity contribution in [2.45, 2.75) is 16.9 Å². The van der Waals surface area contributed by atoms with E-state index in [4.69, 9.17) is 16.7 Å². The first kappa shape index (κ1) is 21.1. The molecule has 4 N–H and O–H groups in total. The molecule has 0 aromatic heterocycles. The van der Waals surface area contributed by atoms with Crippen LogP contribution >= 0.6 is 11.6 Å². The summed E-state index contributed by atoms with van der Waals surface area (Å²) in [6.07, 6.45) is -0.477. The Bertz CT molecular complexity index is 869. The predicted molar refractivity (Wildman–Crippen MR) is 100 cm³/mol. The van der Waals surface area contributed by atoms with Crippen molar-refractivity contribution in [3.63, 3.8) is 0 Å². The number of rotatable bonds is 8. The summed E-state index contributed by atoms with van der Waals surface area (Å²) in [5, 5.41) is 38.4. The zero-order valence-corrected chi connectivity index (χ0v) is 15.2. The van der Waals surface area contributed by atoms with Gasteiger partial charge in [0, 0.05) is 0 Å². The summed E-state index contributed by atoms with van der Waals surface area (Å²) in [4.78, 5) is 32.8. The third-order valence-corrected chi connectivity index (χ3v) is 4.71. The van der Waals surface area contributed by atoms with Crippen molar-refractivity contribution in [1.29, 1.82) is 0 Å². The Morgan fingerprint density at radius 2 is 1.29 bits per heavy atom. The van der Waals surface area contributed by atoms with E-state index in [1.165, 1.54) is 0 Å². The van der Waals surface area contributed by atoms with Gasteiger partial charge in [-0.3, -0.25) is 4.79 Å². The number of allylic oxidation sites excluding steroid dienone is 1. The molecule has 2 aromatic carbocycles. The Labute approximate surface area is 165 Å². The lowest BCUT2D eigenvalue weighted by atomic mass is 9.82. The number of halogens is 1. The maximum absolute atomic E-state index is 11.8. The van der Waals surface area contributed by atoms with Gasteiger partial charge >= 0.3 is 17.9 Å². The highest BCUT2D eigenvalue weighted by atomic mass is 35.5. The van der Waals surface area contributed by atoms with Gasteiger partial charge in [0.15, 0.2) is 0 Å². The van der Waals surface area contributed by atoms with Crippen LogP contribution in [0.15, 0.2) is 72.3 Å². The smallest absolute Gasteiger partial charge is 0.341 e. The van der Waals surface area contributed by atoms with Gasteiger partial charge in [0.1, 0.15) is 4.87 Å². The van der Waals surface area contributed by atoms with Crippen LogP contribution < -0.4 is 0 Å². The van der Waals surface area contributed by atoms with Gasteiger partial charge in [0.25, 0.3) is 0 Å². The number of aliphatic hydroxyl groups is 1. The number of hydrogen-bond acceptors (Lipinski definition) is 4. The van der Waals surface area contributed by atoms with Crippen molar-refractivity contribution < 1.29 is 34.8 Å². The van der Waals surface area contributed by atoms with Crippen molar-refractivity contribution >= 4 is 29.5 Å². The lowest BCUT2D eigenvalue weighted by Crippen LogP contribution is -2.46. The first-order valence-electron chi connectivity index (χ1n) is 8.05. The van der Waals surface area contributed by atoms with Crippen LogP contribution in [0.1, 0.15) is 17.5 Å². The van der Waals surface area contributed by atoms with Crippen LogP contribution in [-0.2, 0) is 19.3 Å². The summed E-state index contributed by atoms with van der Waals surface area (Å²) >= 11 is 6.78. The van der Waals surface area contributed by atoms with E-state index >= 15 is 0 Å². The molecule has 8 heteroatoms. The van der Waals surface area contributed by atoms with Gasteiger partial charge in [-0.15, -0.1) is 11.6 Å². The van der Waals surface area contributed by atoms with E-state index in [0.717, 1.165) is 6.08 Å². The zero-order chi connectivity index (χ0) is 20.9. The Hall–Kier alpha value is -3.16. The molecular formula is C20H17ClO7. The molecule has 0 amide bonds. The molecule has 0 radical (unpaired) electrons. The van der Waals surface area contributed by atoms with E-state index in [-0.39, 0.29) is 0 Å². The first-order valence-corrected chi connectivity index (χ1v) is 8.43. The Balaban J connectivity index is 2.80. The minimum atomic E-state index is -3.18. The fraction of sp³-hybridized carbons (Fsp3) is 0.150. The average Bonchev–Trinajstić information content (AvgIpc) is 2.66. The van der Waals surface area contributed by atoms with Crippen LogP contribution in [0.25, 0.3) is 0 Å². The SMILES string of the molecule is O=C(O)CC(O)(C(=O)O)C(=CC(Cl)(c1ccccc1)c1ccccc1)C(=O)O. The number of carbonyl (C=O) groups is 3. The van der Waals surface area contributed by atoms with Crippen LogP contribution in [0.4, 0.5) is 0 Å². The van der Waals surface area contributed by atoms with Gasteiger partial charge in [0.2, 0.25) is 5.60 Å². The number of hydrogen-bond donors (Lipinski definition) is 4. The molecule has 2 rings (SSSR count). The molecule has 1 atom stereocenters. The molecule has 7 nitrogen and oxygen atoms in total. The number of benzene rings is 2. The predicted octanol–water partition coefficient (Wildman–Crippen LogP) is 2.47. The highest BCUT2D eigenvalue weighted by molar-refractivity contribution is 6.28. The van der Waals surface area contributed by atoms with Gasteiger partial charge in [-0.25, -0.2) is 9.59 Å². The van der Waals surface area contributed by atoms with Crippen molar-refractivity contribution in [2.75, 3.05) is 0 Å². The maximum atomic E-state index is 11.8. The normalized spacial score (nSPS) is 14.1. The van der Waals surface area contributed by atoms with Crippen LogP contribution in [-0.4, -0.2) is 43.9 Å². The standard InChI is InChI=1S/C20H17ClO7/c21-19(13-7-3-1-4-8-13,14-9-5-2-6-10-14)11-15(17(24)25)20(28,18(26)27)12-16(22)23/h1-11,28H,12H2,(H,22,23)(H,24,25)(H,26,27). The van der Waals surface area contributed by atoms with Crippen molar-refractivity contribution in [3.8, 4) is 0 Å². The van der Waals surface area contributed by atoms with Crippen molar-refractivity contribution in [1.82, 2.24) is 0 Å². The number of carboxylic acid groups (broad SMARTS) is 3. The summed E-state index contributed by atoms with van der Waals surface area (Å²) in [6, 6.07) is 16.5. The molecule has 0 heterocycles. The molecule has 0 aliphatic heterocycles. The van der Waals surface area contributed by atoms with Crippen LogP contribution in [0.3, 0.4) is 0 Å². The third kappa shape index (κ3) is 4.21. The molecule has 0 spiro atoms. The minimum Gasteiger partial charge on any atom is -0.481 e. The molecule has 0 saturated heterocycles. The van der Waals surface area contributed by atoms with E-state index < -0.39 is 40.4 Å². The van der Waals surface area contributed by atoms with Gasteiger partial charge in [-0.2, -0.15) is 0 Å². The van der Waals surface area contributed by atoms with E-state index in [0.29, 0.717) is 11.1 Å². The summed E-state index contributed by atoms with van der Waals surface area (Å²) in [6.45, 7) is 0. The van der Waals surface area contributed by atoms with Gasteiger partial charge in [-0.1, -0.05) is 60.7 Å². The second-order valence-corrected chi connectivity index (χ2v) is 6.64. The van der Waals surface area contributed by atoms with Crippen molar-refractivity contribution in [3.05, 3.63) is 83.4 Å². The average molecular weight is 405 g/mol. The van der Waals surface area contributed by atoms with Crippen LogP contribution in [0.5, 0.6) is 0 Å². The Kier molecular flexibility index (Phi) is 6.23. The van der Waals surface area contributed by atoms with Crippen LogP contribution in [0.2, 0.25) is 0 Å². The van der Waals surface area contributed by atoms with Crippen LogP contribution in [0, 0.1) is 0 Å². The largest absolute Gasteiger partial charge is 0.481 e.